The first-order valence-electron chi connectivity index (χ1n) is 9.43. The van der Waals surface area contributed by atoms with Crippen LogP contribution in [-0.4, -0.2) is 38.2 Å². The lowest BCUT2D eigenvalue weighted by Gasteiger charge is -2.10. The average Bonchev–Trinajstić information content (AvgIpc) is 3.33. The number of thiazole rings is 1. The van der Waals surface area contributed by atoms with E-state index in [4.69, 9.17) is 9.72 Å². The standard InChI is InChI=1S/C21H22N4OS3/c1-15(2)26-12-13-27-20-24-23-19(25(20)16-8-4-3-5-9-16)14-28-21-22-17-10-6-7-11-18(17)29-21/h3-11,15H,12-14H2,1-2H3. The molecule has 0 atom stereocenters. The van der Waals surface area contributed by atoms with E-state index in [-0.39, 0.29) is 6.10 Å². The lowest BCUT2D eigenvalue weighted by molar-refractivity contribution is 0.0920. The van der Waals surface area contributed by atoms with E-state index in [0.29, 0.717) is 12.4 Å². The van der Waals surface area contributed by atoms with Gasteiger partial charge in [-0.15, -0.1) is 21.5 Å². The number of para-hydroxylation sites is 2. The van der Waals surface area contributed by atoms with Gasteiger partial charge in [-0.2, -0.15) is 0 Å². The molecular formula is C21H22N4OS3. The Morgan fingerprint density at radius 3 is 2.59 bits per heavy atom. The Hall–Kier alpha value is -1.87. The quantitative estimate of drug-likeness (QED) is 0.245. The molecule has 0 unspecified atom stereocenters. The second-order valence-corrected chi connectivity index (χ2v) is 9.89. The van der Waals surface area contributed by atoms with Gasteiger partial charge in [0, 0.05) is 11.4 Å². The van der Waals surface area contributed by atoms with Crippen LogP contribution in [0.5, 0.6) is 0 Å². The van der Waals surface area contributed by atoms with Gasteiger partial charge in [0.1, 0.15) is 5.82 Å². The van der Waals surface area contributed by atoms with Crippen molar-refractivity contribution in [2.24, 2.45) is 0 Å². The normalized spacial score (nSPS) is 11.6. The number of fused-ring (bicyclic) bond motifs is 1. The Morgan fingerprint density at radius 1 is 1.00 bits per heavy atom. The minimum absolute atomic E-state index is 0.239. The molecule has 0 bridgehead atoms. The van der Waals surface area contributed by atoms with Crippen LogP contribution < -0.4 is 0 Å². The Morgan fingerprint density at radius 2 is 1.79 bits per heavy atom. The van der Waals surface area contributed by atoms with E-state index in [1.54, 1.807) is 34.9 Å². The van der Waals surface area contributed by atoms with Gasteiger partial charge in [-0.05, 0) is 38.1 Å². The maximum Gasteiger partial charge on any atom is 0.195 e. The van der Waals surface area contributed by atoms with Crippen molar-refractivity contribution in [1.29, 1.82) is 0 Å². The molecule has 0 spiro atoms. The van der Waals surface area contributed by atoms with Crippen molar-refractivity contribution in [3.05, 3.63) is 60.4 Å². The van der Waals surface area contributed by atoms with Crippen molar-refractivity contribution >= 4 is 45.1 Å². The zero-order valence-electron chi connectivity index (χ0n) is 16.3. The van der Waals surface area contributed by atoms with Gasteiger partial charge in [0.25, 0.3) is 0 Å². The molecule has 4 rings (SSSR count). The van der Waals surface area contributed by atoms with Crippen molar-refractivity contribution in [3.8, 4) is 5.69 Å². The highest BCUT2D eigenvalue weighted by Gasteiger charge is 2.15. The maximum absolute atomic E-state index is 5.66. The van der Waals surface area contributed by atoms with Crippen LogP contribution in [0.2, 0.25) is 0 Å². The summed E-state index contributed by atoms with van der Waals surface area (Å²) in [5.74, 6) is 2.48. The second-order valence-electron chi connectivity index (χ2n) is 6.57. The largest absolute Gasteiger partial charge is 0.378 e. The van der Waals surface area contributed by atoms with Crippen molar-refractivity contribution in [3.63, 3.8) is 0 Å². The maximum atomic E-state index is 5.66. The van der Waals surface area contributed by atoms with E-state index in [2.05, 4.69) is 52.9 Å². The predicted molar refractivity (Wildman–Crippen MR) is 122 cm³/mol. The van der Waals surface area contributed by atoms with E-state index in [1.807, 2.05) is 30.3 Å². The van der Waals surface area contributed by atoms with Crippen molar-refractivity contribution < 1.29 is 4.74 Å². The summed E-state index contributed by atoms with van der Waals surface area (Å²) in [4.78, 5) is 4.72. The van der Waals surface area contributed by atoms with Gasteiger partial charge < -0.3 is 4.74 Å². The summed E-state index contributed by atoms with van der Waals surface area (Å²) in [5.41, 5.74) is 2.12. The molecule has 0 radical (unpaired) electrons. The molecule has 0 amide bonds. The van der Waals surface area contributed by atoms with Gasteiger partial charge in [-0.1, -0.05) is 53.9 Å². The molecular weight excluding hydrogens is 420 g/mol. The van der Waals surface area contributed by atoms with Crippen LogP contribution in [0, 0.1) is 0 Å². The molecule has 4 aromatic rings. The first kappa shape index (κ1) is 20.4. The summed E-state index contributed by atoms with van der Waals surface area (Å²) in [6.07, 6.45) is 0.239. The molecule has 0 aliphatic heterocycles. The van der Waals surface area contributed by atoms with Gasteiger partial charge in [-0.25, -0.2) is 4.98 Å². The van der Waals surface area contributed by atoms with E-state index in [9.17, 15) is 0 Å². The molecule has 150 valence electrons. The molecule has 2 heterocycles. The summed E-state index contributed by atoms with van der Waals surface area (Å²) in [6, 6.07) is 18.5. The van der Waals surface area contributed by atoms with Gasteiger partial charge >= 0.3 is 0 Å². The highest BCUT2D eigenvalue weighted by atomic mass is 32.2. The molecule has 8 heteroatoms. The summed E-state index contributed by atoms with van der Waals surface area (Å²) >= 11 is 5.09. The molecule has 0 saturated carbocycles. The van der Waals surface area contributed by atoms with E-state index >= 15 is 0 Å². The van der Waals surface area contributed by atoms with Crippen LogP contribution >= 0.6 is 34.9 Å². The lowest BCUT2D eigenvalue weighted by Crippen LogP contribution is -2.07. The molecule has 2 aromatic carbocycles. The highest BCUT2D eigenvalue weighted by Crippen LogP contribution is 2.32. The Kier molecular flexibility index (Phi) is 6.86. The third kappa shape index (κ3) is 5.19. The Balaban J connectivity index is 1.52. The van der Waals surface area contributed by atoms with Crippen LogP contribution in [0.15, 0.2) is 64.1 Å². The Labute approximate surface area is 182 Å². The first-order valence-corrected chi connectivity index (χ1v) is 12.2. The smallest absolute Gasteiger partial charge is 0.195 e. The summed E-state index contributed by atoms with van der Waals surface area (Å²) < 4.78 is 10.1. The van der Waals surface area contributed by atoms with Crippen LogP contribution in [0.3, 0.4) is 0 Å². The van der Waals surface area contributed by atoms with Crippen LogP contribution in [0.4, 0.5) is 0 Å². The SMILES string of the molecule is CC(C)OCCSc1nnc(CSc2nc3ccccc3s2)n1-c1ccccc1. The predicted octanol–water partition coefficient (Wildman–Crippen LogP) is 5.69. The van der Waals surface area contributed by atoms with Crippen molar-refractivity contribution in [1.82, 2.24) is 19.7 Å². The number of benzene rings is 2. The zero-order chi connectivity index (χ0) is 20.1. The average molecular weight is 443 g/mol. The van der Waals surface area contributed by atoms with Crippen molar-refractivity contribution in [2.75, 3.05) is 12.4 Å². The van der Waals surface area contributed by atoms with Gasteiger partial charge in [0.2, 0.25) is 0 Å². The summed E-state index contributed by atoms with van der Waals surface area (Å²) in [6.45, 7) is 4.79. The first-order chi connectivity index (χ1) is 14.2. The molecule has 2 aromatic heterocycles. The van der Waals surface area contributed by atoms with Gasteiger partial charge in [0.15, 0.2) is 9.50 Å². The highest BCUT2D eigenvalue weighted by molar-refractivity contribution is 8.00. The fraction of sp³-hybridized carbons (Fsp3) is 0.286. The van der Waals surface area contributed by atoms with E-state index in [1.165, 1.54) is 4.70 Å². The monoisotopic (exact) mass is 442 g/mol. The fourth-order valence-electron chi connectivity index (χ4n) is 2.78. The molecule has 0 saturated heterocycles. The third-order valence-corrected chi connectivity index (χ3v) is 7.15. The number of hydrogen-bond acceptors (Lipinski definition) is 7. The minimum Gasteiger partial charge on any atom is -0.378 e. The number of aromatic nitrogens is 4. The van der Waals surface area contributed by atoms with Crippen LogP contribution in [-0.2, 0) is 10.5 Å². The molecule has 0 fully saturated rings. The van der Waals surface area contributed by atoms with Gasteiger partial charge in [-0.3, -0.25) is 4.57 Å². The number of nitrogens with zero attached hydrogens (tertiary/aromatic N) is 4. The fourth-order valence-corrected chi connectivity index (χ4v) is 5.56. The minimum atomic E-state index is 0.239. The summed E-state index contributed by atoms with van der Waals surface area (Å²) in [5, 5.41) is 9.83. The second kappa shape index (κ2) is 9.75. The van der Waals surface area contributed by atoms with Gasteiger partial charge in [0.05, 0.1) is 28.7 Å². The molecule has 0 aliphatic carbocycles. The molecule has 29 heavy (non-hydrogen) atoms. The zero-order valence-corrected chi connectivity index (χ0v) is 18.8. The summed E-state index contributed by atoms with van der Waals surface area (Å²) in [7, 11) is 0. The number of ether oxygens (including phenoxy) is 1. The number of rotatable bonds is 9. The number of thioether (sulfide) groups is 2. The van der Waals surface area contributed by atoms with E-state index in [0.717, 1.165) is 32.3 Å². The molecule has 0 N–H and O–H groups in total. The van der Waals surface area contributed by atoms with E-state index < -0.39 is 0 Å². The Bertz CT molecular complexity index is 1030. The lowest BCUT2D eigenvalue weighted by atomic mass is 10.3. The van der Waals surface area contributed by atoms with Crippen molar-refractivity contribution in [2.45, 2.75) is 35.2 Å². The third-order valence-electron chi connectivity index (χ3n) is 4.08. The van der Waals surface area contributed by atoms with Crippen LogP contribution in [0.1, 0.15) is 19.7 Å². The topological polar surface area (TPSA) is 52.8 Å². The molecule has 0 aliphatic rings. The molecule has 5 nitrogen and oxygen atoms in total. The van der Waals surface area contributed by atoms with Crippen LogP contribution in [0.25, 0.3) is 15.9 Å². The number of hydrogen-bond donors (Lipinski definition) is 0.